The summed E-state index contributed by atoms with van der Waals surface area (Å²) < 4.78 is 6.95. The van der Waals surface area contributed by atoms with Crippen molar-refractivity contribution in [3.05, 3.63) is 194 Å². The van der Waals surface area contributed by atoms with Crippen LogP contribution in [-0.2, 0) is 0 Å². The number of nitrogens with zero attached hydrogens (tertiary/aromatic N) is 6. The van der Waals surface area contributed by atoms with E-state index in [1.165, 1.54) is 14.8 Å². The number of para-hydroxylation sites is 2. The third kappa shape index (κ3) is 5.87. The quantitative estimate of drug-likeness (QED) is 0.167. The molecule has 0 aliphatic heterocycles. The predicted molar refractivity (Wildman–Crippen MR) is 263 cm³/mol. The van der Waals surface area contributed by atoms with E-state index in [4.69, 9.17) is 24.9 Å². The van der Waals surface area contributed by atoms with E-state index >= 15 is 0 Å². The number of hydrogen-bond acceptors (Lipinski definition) is 7. The fourth-order valence-corrected chi connectivity index (χ4v) is 11.2. The highest BCUT2D eigenvalue weighted by atomic mass is 32.1. The zero-order valence-electron chi connectivity index (χ0n) is 33.5. The number of thiophene rings is 2. The third-order valence-electron chi connectivity index (χ3n) is 11.9. The standard InChI is InChI=1S/C55H32N6S2/c1-4-15-33(16-5-1)52-56-49(51-50(57-52)39-22-11-13-25-45(39)63-51)35-28-30-46-42(31-35)48-40(23-14-26-47(48)62-46)55-59-53(34-17-6-2-7-18-34)58-54(60-55)36-27-29-44-41(32-36)38-21-10-12-24-43(38)61(44)37-19-8-3-9-20-37/h1-32H. The van der Waals surface area contributed by atoms with Crippen molar-refractivity contribution in [2.45, 2.75) is 0 Å². The number of fused-ring (bicyclic) bond motifs is 9. The SMILES string of the molecule is c1ccc(-c2nc(-c3ccc4c(c3)c3ccccc3n4-c3ccccc3)nc(-c3cccc4sc5ccc(-c6nc(-c7ccccc7)nc7c6sc6ccccc67)cc5c34)n2)cc1. The number of rotatable bonds is 6. The molecule has 0 unspecified atom stereocenters. The molecule has 63 heavy (non-hydrogen) atoms. The number of aromatic nitrogens is 6. The van der Waals surface area contributed by atoms with Crippen LogP contribution in [0.2, 0.25) is 0 Å². The Morgan fingerprint density at radius 2 is 0.937 bits per heavy atom. The van der Waals surface area contributed by atoms with Gasteiger partial charge in [0.1, 0.15) is 0 Å². The first-order valence-electron chi connectivity index (χ1n) is 20.8. The minimum Gasteiger partial charge on any atom is -0.309 e. The molecule has 13 aromatic rings. The normalized spacial score (nSPS) is 11.8. The molecular formula is C55H32N6S2. The van der Waals surface area contributed by atoms with Crippen LogP contribution in [-0.4, -0.2) is 29.5 Å². The van der Waals surface area contributed by atoms with E-state index in [2.05, 4.69) is 162 Å². The predicted octanol–water partition coefficient (Wildman–Crippen LogP) is 14.8. The molecule has 0 spiro atoms. The minimum absolute atomic E-state index is 0.621. The number of benzene rings is 8. The van der Waals surface area contributed by atoms with Crippen molar-refractivity contribution in [2.75, 3.05) is 0 Å². The lowest BCUT2D eigenvalue weighted by Crippen LogP contribution is -2.00. The highest BCUT2D eigenvalue weighted by Gasteiger charge is 2.21. The Morgan fingerprint density at radius 3 is 1.73 bits per heavy atom. The lowest BCUT2D eigenvalue weighted by atomic mass is 10.0. The summed E-state index contributed by atoms with van der Waals surface area (Å²) in [6.45, 7) is 0. The van der Waals surface area contributed by atoms with Crippen molar-refractivity contribution < 1.29 is 0 Å². The summed E-state index contributed by atoms with van der Waals surface area (Å²) in [7, 11) is 0. The molecule has 13 rings (SSSR count). The van der Waals surface area contributed by atoms with Crippen LogP contribution in [0.25, 0.3) is 125 Å². The first-order valence-corrected chi connectivity index (χ1v) is 22.5. The van der Waals surface area contributed by atoms with Crippen molar-refractivity contribution >= 4 is 85.0 Å². The van der Waals surface area contributed by atoms with Crippen LogP contribution in [0.1, 0.15) is 0 Å². The molecule has 0 amide bonds. The molecule has 0 fully saturated rings. The van der Waals surface area contributed by atoms with Gasteiger partial charge in [0.25, 0.3) is 0 Å². The molecule has 0 aliphatic carbocycles. The van der Waals surface area contributed by atoms with Crippen molar-refractivity contribution in [3.8, 4) is 62.5 Å². The fraction of sp³-hybridized carbons (Fsp3) is 0. The van der Waals surface area contributed by atoms with E-state index in [0.717, 1.165) is 86.7 Å². The Bertz CT molecular complexity index is 3910. The highest BCUT2D eigenvalue weighted by molar-refractivity contribution is 7.26. The summed E-state index contributed by atoms with van der Waals surface area (Å²) in [6, 6.07) is 67.9. The van der Waals surface area contributed by atoms with Gasteiger partial charge in [0.05, 0.1) is 26.9 Å². The van der Waals surface area contributed by atoms with E-state index < -0.39 is 0 Å². The minimum atomic E-state index is 0.621. The van der Waals surface area contributed by atoms with Gasteiger partial charge in [0.2, 0.25) is 0 Å². The molecular weight excluding hydrogens is 809 g/mol. The average molecular weight is 841 g/mol. The molecule has 6 nitrogen and oxygen atoms in total. The molecule has 0 atom stereocenters. The average Bonchev–Trinajstić information content (AvgIpc) is 4.03. The smallest absolute Gasteiger partial charge is 0.164 e. The van der Waals surface area contributed by atoms with Gasteiger partial charge in [-0.15, -0.1) is 22.7 Å². The molecule has 0 saturated carbocycles. The fourth-order valence-electron chi connectivity index (χ4n) is 8.97. The Labute approximate surface area is 369 Å². The van der Waals surface area contributed by atoms with Crippen LogP contribution in [0.3, 0.4) is 0 Å². The van der Waals surface area contributed by atoms with Gasteiger partial charge in [-0.2, -0.15) is 0 Å². The number of hydrogen-bond donors (Lipinski definition) is 0. The zero-order valence-corrected chi connectivity index (χ0v) is 35.1. The summed E-state index contributed by atoms with van der Waals surface area (Å²) in [5.41, 5.74) is 10.1. The van der Waals surface area contributed by atoms with Gasteiger partial charge in [0, 0.05) is 74.5 Å². The van der Waals surface area contributed by atoms with E-state index in [9.17, 15) is 0 Å². The first-order chi connectivity index (χ1) is 31.2. The topological polar surface area (TPSA) is 69.4 Å². The molecule has 0 radical (unpaired) electrons. The zero-order chi connectivity index (χ0) is 41.4. The molecule has 0 saturated heterocycles. The summed E-state index contributed by atoms with van der Waals surface area (Å²) in [4.78, 5) is 26.2. The molecule has 8 aromatic carbocycles. The van der Waals surface area contributed by atoms with Crippen LogP contribution in [0.5, 0.6) is 0 Å². The van der Waals surface area contributed by atoms with Crippen LogP contribution in [0.15, 0.2) is 194 Å². The first kappa shape index (κ1) is 35.8. The van der Waals surface area contributed by atoms with E-state index in [0.29, 0.717) is 23.3 Å². The van der Waals surface area contributed by atoms with Crippen molar-refractivity contribution in [2.24, 2.45) is 0 Å². The summed E-state index contributed by atoms with van der Waals surface area (Å²) >= 11 is 3.53. The Hall–Kier alpha value is -7.91. The molecule has 0 bridgehead atoms. The Morgan fingerprint density at radius 1 is 0.349 bits per heavy atom. The van der Waals surface area contributed by atoms with Crippen molar-refractivity contribution in [3.63, 3.8) is 0 Å². The Kier molecular flexibility index (Phi) is 8.15. The maximum absolute atomic E-state index is 5.34. The molecule has 5 heterocycles. The maximum atomic E-state index is 5.34. The molecule has 0 aliphatic rings. The molecule has 0 N–H and O–H groups in total. The second-order valence-electron chi connectivity index (χ2n) is 15.6. The molecule has 5 aromatic heterocycles. The Balaban J connectivity index is 1.02. The monoisotopic (exact) mass is 840 g/mol. The van der Waals surface area contributed by atoms with E-state index in [-0.39, 0.29) is 0 Å². The lowest BCUT2D eigenvalue weighted by Gasteiger charge is -2.11. The van der Waals surface area contributed by atoms with Crippen molar-refractivity contribution in [1.82, 2.24) is 29.5 Å². The maximum Gasteiger partial charge on any atom is 0.164 e. The second-order valence-corrected chi connectivity index (χ2v) is 17.8. The third-order valence-corrected chi connectivity index (χ3v) is 14.2. The molecule has 294 valence electrons. The van der Waals surface area contributed by atoms with Gasteiger partial charge in [-0.05, 0) is 60.7 Å². The molecule has 8 heteroatoms. The van der Waals surface area contributed by atoms with Gasteiger partial charge < -0.3 is 4.57 Å². The van der Waals surface area contributed by atoms with E-state index in [1.807, 2.05) is 36.4 Å². The van der Waals surface area contributed by atoms with E-state index in [1.54, 1.807) is 22.7 Å². The summed E-state index contributed by atoms with van der Waals surface area (Å²) in [5, 5.41) is 5.70. The van der Waals surface area contributed by atoms with Gasteiger partial charge in [-0.3, -0.25) is 0 Å². The van der Waals surface area contributed by atoms with Gasteiger partial charge in [0.15, 0.2) is 23.3 Å². The largest absolute Gasteiger partial charge is 0.309 e. The van der Waals surface area contributed by atoms with Crippen LogP contribution < -0.4 is 0 Å². The van der Waals surface area contributed by atoms with Crippen LogP contribution in [0.4, 0.5) is 0 Å². The van der Waals surface area contributed by atoms with Gasteiger partial charge in [-0.25, -0.2) is 24.9 Å². The van der Waals surface area contributed by atoms with Gasteiger partial charge >= 0.3 is 0 Å². The van der Waals surface area contributed by atoms with Gasteiger partial charge in [-0.1, -0.05) is 133 Å². The summed E-state index contributed by atoms with van der Waals surface area (Å²) in [5.74, 6) is 2.59. The van der Waals surface area contributed by atoms with Crippen LogP contribution in [0, 0.1) is 0 Å². The van der Waals surface area contributed by atoms with Crippen molar-refractivity contribution in [1.29, 1.82) is 0 Å². The second kappa shape index (κ2) is 14.3. The lowest BCUT2D eigenvalue weighted by molar-refractivity contribution is 1.08. The highest BCUT2D eigenvalue weighted by Crippen LogP contribution is 2.44. The van der Waals surface area contributed by atoms with Crippen LogP contribution >= 0.6 is 22.7 Å². The summed E-state index contributed by atoms with van der Waals surface area (Å²) in [6.07, 6.45) is 0.